The van der Waals surface area contributed by atoms with Crippen molar-refractivity contribution in [2.75, 3.05) is 13.1 Å². The molecule has 1 saturated carbocycles. The van der Waals surface area contributed by atoms with Crippen molar-refractivity contribution in [3.8, 4) is 0 Å². The molecule has 1 aliphatic rings. The van der Waals surface area contributed by atoms with Gasteiger partial charge in [-0.1, -0.05) is 58.6 Å². The molecular formula is C17H33N. The monoisotopic (exact) mass is 251 g/mol. The molecule has 1 nitrogen and oxygen atoms in total. The number of hydrogen-bond acceptors (Lipinski definition) is 1. The first-order valence-electron chi connectivity index (χ1n) is 8.04. The van der Waals surface area contributed by atoms with Gasteiger partial charge in [0.15, 0.2) is 0 Å². The zero-order valence-electron chi connectivity index (χ0n) is 13.0. The minimum absolute atomic E-state index is 0.737. The second-order valence-electron chi connectivity index (χ2n) is 6.46. The Morgan fingerprint density at radius 3 is 2.39 bits per heavy atom. The SMILES string of the molecule is CCNCC(=CC(C)CC(C)C)C1CCCCC1. The number of hydrogen-bond donors (Lipinski definition) is 1. The van der Waals surface area contributed by atoms with Crippen LogP contribution in [0.1, 0.15) is 66.2 Å². The van der Waals surface area contributed by atoms with E-state index in [2.05, 4.69) is 39.1 Å². The molecule has 0 spiro atoms. The van der Waals surface area contributed by atoms with Gasteiger partial charge in [0.1, 0.15) is 0 Å². The van der Waals surface area contributed by atoms with Crippen LogP contribution in [-0.4, -0.2) is 13.1 Å². The Morgan fingerprint density at radius 1 is 1.17 bits per heavy atom. The van der Waals surface area contributed by atoms with E-state index in [4.69, 9.17) is 0 Å². The minimum atomic E-state index is 0.737. The third-order valence-corrected chi connectivity index (χ3v) is 4.05. The predicted octanol–water partition coefficient (Wildman–Crippen LogP) is 4.78. The van der Waals surface area contributed by atoms with Gasteiger partial charge in [-0.3, -0.25) is 0 Å². The first kappa shape index (κ1) is 15.8. The molecule has 0 aromatic carbocycles. The van der Waals surface area contributed by atoms with Crippen molar-refractivity contribution in [1.29, 1.82) is 0 Å². The van der Waals surface area contributed by atoms with Crippen molar-refractivity contribution in [2.24, 2.45) is 17.8 Å². The molecule has 0 bridgehead atoms. The summed E-state index contributed by atoms with van der Waals surface area (Å²) in [6.45, 7) is 11.4. The van der Waals surface area contributed by atoms with Crippen LogP contribution in [0, 0.1) is 17.8 Å². The molecule has 1 rings (SSSR count). The van der Waals surface area contributed by atoms with E-state index in [1.54, 1.807) is 5.57 Å². The highest BCUT2D eigenvalue weighted by Crippen LogP contribution is 2.30. The van der Waals surface area contributed by atoms with Gasteiger partial charge in [0, 0.05) is 6.54 Å². The van der Waals surface area contributed by atoms with Gasteiger partial charge in [0.05, 0.1) is 0 Å². The highest BCUT2D eigenvalue weighted by atomic mass is 14.8. The van der Waals surface area contributed by atoms with Gasteiger partial charge < -0.3 is 5.32 Å². The molecular weight excluding hydrogens is 218 g/mol. The maximum absolute atomic E-state index is 3.54. The molecule has 1 unspecified atom stereocenters. The first-order valence-corrected chi connectivity index (χ1v) is 8.04. The fourth-order valence-corrected chi connectivity index (χ4v) is 3.26. The third kappa shape index (κ3) is 6.04. The fraction of sp³-hybridized carbons (Fsp3) is 0.882. The normalized spacial score (nSPS) is 20.4. The average Bonchev–Trinajstić information content (AvgIpc) is 2.34. The molecule has 0 amide bonds. The molecule has 0 aromatic rings. The first-order chi connectivity index (χ1) is 8.63. The lowest BCUT2D eigenvalue weighted by atomic mass is 9.82. The standard InChI is InChI=1S/C17H33N/c1-5-18-13-17(12-15(4)11-14(2)3)16-9-7-6-8-10-16/h12,14-16,18H,5-11,13H2,1-4H3. The molecule has 1 aliphatic carbocycles. The van der Waals surface area contributed by atoms with E-state index in [0.29, 0.717) is 0 Å². The maximum Gasteiger partial charge on any atom is 0.0167 e. The summed E-state index contributed by atoms with van der Waals surface area (Å²) >= 11 is 0. The summed E-state index contributed by atoms with van der Waals surface area (Å²) in [5.74, 6) is 2.41. The maximum atomic E-state index is 3.54. The van der Waals surface area contributed by atoms with E-state index in [9.17, 15) is 0 Å². The fourth-order valence-electron chi connectivity index (χ4n) is 3.26. The highest BCUT2D eigenvalue weighted by molar-refractivity contribution is 5.11. The summed E-state index contributed by atoms with van der Waals surface area (Å²) in [7, 11) is 0. The Kier molecular flexibility index (Phi) is 7.65. The molecule has 0 radical (unpaired) electrons. The molecule has 0 saturated heterocycles. The van der Waals surface area contributed by atoms with Crippen molar-refractivity contribution in [2.45, 2.75) is 66.2 Å². The molecule has 1 N–H and O–H groups in total. The van der Waals surface area contributed by atoms with Crippen LogP contribution in [0.5, 0.6) is 0 Å². The number of allylic oxidation sites excluding steroid dienone is 1. The third-order valence-electron chi connectivity index (χ3n) is 4.05. The van der Waals surface area contributed by atoms with Crippen LogP contribution in [0.3, 0.4) is 0 Å². The van der Waals surface area contributed by atoms with E-state index >= 15 is 0 Å². The molecule has 106 valence electrons. The van der Waals surface area contributed by atoms with Gasteiger partial charge in [0.2, 0.25) is 0 Å². The topological polar surface area (TPSA) is 12.0 Å². The quantitative estimate of drug-likeness (QED) is 0.642. The molecule has 0 aromatic heterocycles. The summed E-state index contributed by atoms with van der Waals surface area (Å²) in [6, 6.07) is 0. The van der Waals surface area contributed by atoms with Crippen LogP contribution in [0.25, 0.3) is 0 Å². The number of likely N-dealkylation sites (N-methyl/N-ethyl adjacent to an activating group) is 1. The lowest BCUT2D eigenvalue weighted by Crippen LogP contribution is -2.22. The molecule has 1 atom stereocenters. The zero-order chi connectivity index (χ0) is 13.4. The van der Waals surface area contributed by atoms with Crippen LogP contribution >= 0.6 is 0 Å². The molecule has 1 fully saturated rings. The van der Waals surface area contributed by atoms with Crippen molar-refractivity contribution in [3.63, 3.8) is 0 Å². The van der Waals surface area contributed by atoms with Gasteiger partial charge in [-0.25, -0.2) is 0 Å². The Labute approximate surface area is 114 Å². The summed E-state index contributed by atoms with van der Waals surface area (Å²) in [4.78, 5) is 0. The molecule has 18 heavy (non-hydrogen) atoms. The molecule has 0 heterocycles. The van der Waals surface area contributed by atoms with Crippen molar-refractivity contribution in [1.82, 2.24) is 5.32 Å². The minimum Gasteiger partial charge on any atom is -0.313 e. The van der Waals surface area contributed by atoms with Crippen LogP contribution in [0.15, 0.2) is 11.6 Å². The molecule has 0 aliphatic heterocycles. The largest absolute Gasteiger partial charge is 0.313 e. The lowest BCUT2D eigenvalue weighted by Gasteiger charge is -2.26. The van der Waals surface area contributed by atoms with Gasteiger partial charge in [-0.2, -0.15) is 0 Å². The highest BCUT2D eigenvalue weighted by Gasteiger charge is 2.18. The summed E-state index contributed by atoms with van der Waals surface area (Å²) < 4.78 is 0. The van der Waals surface area contributed by atoms with Crippen molar-refractivity contribution in [3.05, 3.63) is 11.6 Å². The van der Waals surface area contributed by atoms with E-state index in [1.807, 2.05) is 0 Å². The van der Waals surface area contributed by atoms with Gasteiger partial charge in [-0.05, 0) is 43.6 Å². The van der Waals surface area contributed by atoms with Crippen molar-refractivity contribution >= 4 is 0 Å². The van der Waals surface area contributed by atoms with E-state index in [-0.39, 0.29) is 0 Å². The predicted molar refractivity (Wildman–Crippen MR) is 81.8 cm³/mol. The van der Waals surface area contributed by atoms with E-state index < -0.39 is 0 Å². The number of nitrogens with one attached hydrogen (secondary N) is 1. The zero-order valence-corrected chi connectivity index (χ0v) is 13.0. The Hall–Kier alpha value is -0.300. The second-order valence-corrected chi connectivity index (χ2v) is 6.46. The summed E-state index contributed by atoms with van der Waals surface area (Å²) in [5, 5.41) is 3.54. The van der Waals surface area contributed by atoms with Crippen LogP contribution in [-0.2, 0) is 0 Å². The van der Waals surface area contributed by atoms with Crippen LogP contribution < -0.4 is 5.32 Å². The van der Waals surface area contributed by atoms with Gasteiger partial charge >= 0.3 is 0 Å². The Balaban J connectivity index is 2.59. The van der Waals surface area contributed by atoms with Crippen molar-refractivity contribution < 1.29 is 0 Å². The Morgan fingerprint density at radius 2 is 1.83 bits per heavy atom. The molecule has 1 heteroatoms. The lowest BCUT2D eigenvalue weighted by molar-refractivity contribution is 0.390. The average molecular weight is 251 g/mol. The Bertz CT molecular complexity index is 236. The number of rotatable bonds is 7. The smallest absolute Gasteiger partial charge is 0.0167 e. The van der Waals surface area contributed by atoms with Crippen LogP contribution in [0.4, 0.5) is 0 Å². The van der Waals surface area contributed by atoms with Gasteiger partial charge in [-0.15, -0.1) is 0 Å². The second kappa shape index (κ2) is 8.74. The summed E-state index contributed by atoms with van der Waals surface area (Å²) in [5.41, 5.74) is 1.70. The van der Waals surface area contributed by atoms with E-state index in [0.717, 1.165) is 30.8 Å². The van der Waals surface area contributed by atoms with Crippen LogP contribution in [0.2, 0.25) is 0 Å². The van der Waals surface area contributed by atoms with E-state index in [1.165, 1.54) is 38.5 Å². The van der Waals surface area contributed by atoms with Gasteiger partial charge in [0.25, 0.3) is 0 Å². The summed E-state index contributed by atoms with van der Waals surface area (Å²) in [6.07, 6.45) is 11.1.